The summed E-state index contributed by atoms with van der Waals surface area (Å²) in [5.74, 6) is 0. The molecule has 3 rings (SSSR count). The molecular formula is C19H17NO2. The molecule has 3 aromatic rings. The Bertz CT molecular complexity index is 860. The van der Waals surface area contributed by atoms with Crippen LogP contribution in [0.15, 0.2) is 63.8 Å². The highest BCUT2D eigenvalue weighted by Crippen LogP contribution is 2.19. The highest BCUT2D eigenvalue weighted by Gasteiger charge is 2.01. The molecule has 0 saturated heterocycles. The molecule has 0 aliphatic rings. The van der Waals surface area contributed by atoms with Gasteiger partial charge < -0.3 is 9.73 Å². The lowest BCUT2D eigenvalue weighted by molar-refractivity contribution is 0.560. The first-order valence-corrected chi connectivity index (χ1v) is 7.31. The summed E-state index contributed by atoms with van der Waals surface area (Å²) in [6, 6.07) is 17.2. The number of para-hydroxylation sites is 1. The Hall–Kier alpha value is -2.81. The summed E-state index contributed by atoms with van der Waals surface area (Å²) in [7, 11) is 0. The van der Waals surface area contributed by atoms with E-state index < -0.39 is 0 Å². The number of benzene rings is 2. The fourth-order valence-corrected chi connectivity index (χ4v) is 2.35. The minimum absolute atomic E-state index is 0.330. The monoisotopic (exact) mass is 291 g/mol. The molecular weight excluding hydrogens is 274 g/mol. The second-order valence-corrected chi connectivity index (χ2v) is 5.01. The van der Waals surface area contributed by atoms with Crippen molar-refractivity contribution in [2.24, 2.45) is 0 Å². The van der Waals surface area contributed by atoms with Crippen LogP contribution in [0, 0.1) is 0 Å². The lowest BCUT2D eigenvalue weighted by Crippen LogP contribution is -1.95. The Balaban J connectivity index is 1.92. The first-order chi connectivity index (χ1) is 10.8. The molecule has 0 aliphatic heterocycles. The average Bonchev–Trinajstić information content (AvgIpc) is 2.54. The number of nitrogens with one attached hydrogen (secondary N) is 1. The number of hydrogen-bond acceptors (Lipinski definition) is 3. The zero-order valence-corrected chi connectivity index (χ0v) is 12.4. The molecule has 3 nitrogen and oxygen atoms in total. The normalized spacial score (nSPS) is 11.1. The lowest BCUT2D eigenvalue weighted by Gasteiger charge is -2.03. The summed E-state index contributed by atoms with van der Waals surface area (Å²) in [6.45, 7) is 2.98. The zero-order valence-electron chi connectivity index (χ0n) is 12.4. The minimum atomic E-state index is -0.330. The molecule has 0 radical (unpaired) electrons. The number of rotatable bonds is 4. The second-order valence-electron chi connectivity index (χ2n) is 5.01. The van der Waals surface area contributed by atoms with Gasteiger partial charge in [0, 0.05) is 29.2 Å². The fraction of sp³-hybridized carbons (Fsp3) is 0.105. The van der Waals surface area contributed by atoms with Gasteiger partial charge in [0.2, 0.25) is 0 Å². The third kappa shape index (κ3) is 3.09. The maximum atomic E-state index is 11.4. The molecule has 0 aliphatic carbocycles. The molecule has 2 aromatic carbocycles. The zero-order chi connectivity index (χ0) is 15.4. The van der Waals surface area contributed by atoms with E-state index in [0.717, 1.165) is 28.7 Å². The molecule has 1 N–H and O–H groups in total. The molecule has 0 atom stereocenters. The molecule has 22 heavy (non-hydrogen) atoms. The summed E-state index contributed by atoms with van der Waals surface area (Å²) in [6.07, 6.45) is 3.98. The summed E-state index contributed by atoms with van der Waals surface area (Å²) in [4.78, 5) is 11.4. The van der Waals surface area contributed by atoms with E-state index in [1.165, 1.54) is 6.07 Å². The van der Waals surface area contributed by atoms with Gasteiger partial charge in [-0.15, -0.1) is 0 Å². The average molecular weight is 291 g/mol. The predicted octanol–water partition coefficient (Wildman–Crippen LogP) is 4.40. The number of anilines is 1. The Morgan fingerprint density at radius 2 is 1.82 bits per heavy atom. The van der Waals surface area contributed by atoms with Crippen LogP contribution in [-0.4, -0.2) is 6.54 Å². The van der Waals surface area contributed by atoms with Gasteiger partial charge >= 0.3 is 5.63 Å². The first-order valence-electron chi connectivity index (χ1n) is 7.31. The smallest absolute Gasteiger partial charge is 0.336 e. The van der Waals surface area contributed by atoms with Gasteiger partial charge in [-0.1, -0.05) is 42.5 Å². The summed E-state index contributed by atoms with van der Waals surface area (Å²) >= 11 is 0. The molecule has 3 heteroatoms. The first kappa shape index (κ1) is 14.1. The summed E-state index contributed by atoms with van der Waals surface area (Å²) < 4.78 is 5.32. The number of hydrogen-bond donors (Lipinski definition) is 1. The lowest BCUT2D eigenvalue weighted by atomic mass is 10.1. The maximum Gasteiger partial charge on any atom is 0.336 e. The van der Waals surface area contributed by atoms with Gasteiger partial charge in [0.1, 0.15) is 5.58 Å². The van der Waals surface area contributed by atoms with E-state index in [9.17, 15) is 4.79 Å². The standard InChI is InChI=1S/C19H17NO2/c1-2-20-17-11-7-14(8-12-17)6-9-15-4-3-5-16-10-13-18(21)22-19(15)16/h3-13,20H,2H2,1H3/b9-6+. The van der Waals surface area contributed by atoms with Gasteiger partial charge in [-0.25, -0.2) is 4.79 Å². The van der Waals surface area contributed by atoms with Crippen molar-refractivity contribution >= 4 is 28.8 Å². The van der Waals surface area contributed by atoms with Crippen LogP contribution in [0.4, 0.5) is 5.69 Å². The van der Waals surface area contributed by atoms with Crippen LogP contribution in [-0.2, 0) is 0 Å². The Morgan fingerprint density at radius 1 is 1.00 bits per heavy atom. The molecule has 1 aromatic heterocycles. The van der Waals surface area contributed by atoms with Crippen LogP contribution in [0.3, 0.4) is 0 Å². The molecule has 0 bridgehead atoms. The van der Waals surface area contributed by atoms with Crippen molar-refractivity contribution in [2.75, 3.05) is 11.9 Å². The van der Waals surface area contributed by atoms with E-state index >= 15 is 0 Å². The van der Waals surface area contributed by atoms with Crippen molar-refractivity contribution in [1.82, 2.24) is 0 Å². The Kier molecular flexibility index (Phi) is 4.05. The van der Waals surface area contributed by atoms with Crippen LogP contribution >= 0.6 is 0 Å². The van der Waals surface area contributed by atoms with Crippen LogP contribution in [0.2, 0.25) is 0 Å². The van der Waals surface area contributed by atoms with Gasteiger partial charge in [-0.2, -0.15) is 0 Å². The van der Waals surface area contributed by atoms with E-state index in [1.807, 2.05) is 42.5 Å². The highest BCUT2D eigenvalue weighted by molar-refractivity contribution is 5.88. The molecule has 0 amide bonds. The van der Waals surface area contributed by atoms with Gasteiger partial charge in [-0.05, 0) is 30.7 Å². The minimum Gasteiger partial charge on any atom is -0.422 e. The van der Waals surface area contributed by atoms with Crippen molar-refractivity contribution in [3.8, 4) is 0 Å². The summed E-state index contributed by atoms with van der Waals surface area (Å²) in [5, 5.41) is 4.19. The van der Waals surface area contributed by atoms with Gasteiger partial charge in [0.15, 0.2) is 0 Å². The summed E-state index contributed by atoms with van der Waals surface area (Å²) in [5.41, 5.74) is 3.39. The third-order valence-corrected chi connectivity index (χ3v) is 3.42. The van der Waals surface area contributed by atoms with Crippen molar-refractivity contribution in [3.63, 3.8) is 0 Å². The Labute approximate surface area is 128 Å². The van der Waals surface area contributed by atoms with Gasteiger partial charge in [0.25, 0.3) is 0 Å². The topological polar surface area (TPSA) is 42.2 Å². The van der Waals surface area contributed by atoms with Gasteiger partial charge in [0.05, 0.1) is 0 Å². The van der Waals surface area contributed by atoms with Crippen LogP contribution in [0.1, 0.15) is 18.1 Å². The predicted molar refractivity (Wildman–Crippen MR) is 92.0 cm³/mol. The molecule has 0 saturated carbocycles. The quantitative estimate of drug-likeness (QED) is 0.572. The SMILES string of the molecule is CCNc1ccc(/C=C/c2cccc3ccc(=O)oc23)cc1. The van der Waals surface area contributed by atoms with E-state index in [-0.39, 0.29) is 5.63 Å². The van der Waals surface area contributed by atoms with Gasteiger partial charge in [-0.3, -0.25) is 0 Å². The van der Waals surface area contributed by atoms with E-state index in [4.69, 9.17) is 4.42 Å². The van der Waals surface area contributed by atoms with E-state index in [1.54, 1.807) is 6.07 Å². The molecule has 110 valence electrons. The number of fused-ring (bicyclic) bond motifs is 1. The van der Waals surface area contributed by atoms with Crippen molar-refractivity contribution in [2.45, 2.75) is 6.92 Å². The van der Waals surface area contributed by atoms with Crippen molar-refractivity contribution < 1.29 is 4.42 Å². The van der Waals surface area contributed by atoms with Crippen LogP contribution in [0.25, 0.3) is 23.1 Å². The largest absolute Gasteiger partial charge is 0.422 e. The fourth-order valence-electron chi connectivity index (χ4n) is 2.35. The molecule has 0 fully saturated rings. The van der Waals surface area contributed by atoms with Crippen LogP contribution < -0.4 is 10.9 Å². The third-order valence-electron chi connectivity index (χ3n) is 3.42. The van der Waals surface area contributed by atoms with E-state index in [2.05, 4.69) is 24.4 Å². The van der Waals surface area contributed by atoms with Crippen LogP contribution in [0.5, 0.6) is 0 Å². The highest BCUT2D eigenvalue weighted by atomic mass is 16.4. The van der Waals surface area contributed by atoms with Crippen molar-refractivity contribution in [1.29, 1.82) is 0 Å². The molecule has 0 unspecified atom stereocenters. The molecule has 0 spiro atoms. The van der Waals surface area contributed by atoms with E-state index in [0.29, 0.717) is 5.58 Å². The Morgan fingerprint density at radius 3 is 2.59 bits per heavy atom. The molecule has 1 heterocycles. The van der Waals surface area contributed by atoms with Crippen molar-refractivity contribution in [3.05, 3.63) is 76.1 Å². The second kappa shape index (κ2) is 6.31. The maximum absolute atomic E-state index is 11.4.